The van der Waals surface area contributed by atoms with Gasteiger partial charge in [0.05, 0.1) is 0 Å². The van der Waals surface area contributed by atoms with E-state index < -0.39 is 0 Å². The molecule has 1 aromatic carbocycles. The molecule has 8 heteroatoms. The zero-order chi connectivity index (χ0) is 20.8. The second-order valence-corrected chi connectivity index (χ2v) is 7.45. The fourth-order valence-electron chi connectivity index (χ4n) is 3.20. The lowest BCUT2D eigenvalue weighted by Crippen LogP contribution is -2.11. The third-order valence-electron chi connectivity index (χ3n) is 4.62. The molecule has 4 aromatic rings. The van der Waals surface area contributed by atoms with Crippen LogP contribution in [-0.2, 0) is 19.4 Å². The molecule has 0 amide bonds. The third-order valence-corrected chi connectivity index (χ3v) is 4.86. The van der Waals surface area contributed by atoms with Crippen molar-refractivity contribution >= 4 is 29.1 Å². The summed E-state index contributed by atoms with van der Waals surface area (Å²) in [6, 6.07) is 15.7. The first-order valence-corrected chi connectivity index (χ1v) is 10.5. The van der Waals surface area contributed by atoms with Gasteiger partial charge in [0.1, 0.15) is 5.82 Å². The minimum Gasteiger partial charge on any atom is -0.369 e. The maximum absolute atomic E-state index is 6.07. The van der Waals surface area contributed by atoms with Gasteiger partial charge < -0.3 is 10.6 Å². The van der Waals surface area contributed by atoms with E-state index in [0.717, 1.165) is 48.6 Å². The molecule has 3 heterocycles. The molecule has 2 N–H and O–H groups in total. The number of rotatable bonds is 9. The van der Waals surface area contributed by atoms with E-state index in [1.807, 2.05) is 54.7 Å². The minimum absolute atomic E-state index is 0.531. The third kappa shape index (κ3) is 5.04. The molecular weight excluding hydrogens is 398 g/mol. The fourth-order valence-corrected chi connectivity index (χ4v) is 3.41. The van der Waals surface area contributed by atoms with Crippen LogP contribution in [0.2, 0.25) is 5.02 Å². The second-order valence-electron chi connectivity index (χ2n) is 7.01. The van der Waals surface area contributed by atoms with Crippen molar-refractivity contribution in [2.75, 3.05) is 17.2 Å². The number of pyridine rings is 1. The van der Waals surface area contributed by atoms with Gasteiger partial charge in [0.15, 0.2) is 0 Å². The largest absolute Gasteiger partial charge is 0.369 e. The number of benzene rings is 1. The summed E-state index contributed by atoms with van der Waals surface area (Å²) in [5, 5.41) is 12.0. The van der Waals surface area contributed by atoms with Crippen molar-refractivity contribution < 1.29 is 0 Å². The van der Waals surface area contributed by atoms with E-state index in [0.29, 0.717) is 23.3 Å². The predicted molar refractivity (Wildman–Crippen MR) is 120 cm³/mol. The number of halogens is 1. The lowest BCUT2D eigenvalue weighted by atomic mass is 10.2. The van der Waals surface area contributed by atoms with Gasteiger partial charge in [-0.2, -0.15) is 9.50 Å². The fraction of sp³-hybridized carbons (Fsp3) is 0.273. The van der Waals surface area contributed by atoms with Crippen LogP contribution >= 0.6 is 11.6 Å². The van der Waals surface area contributed by atoms with E-state index in [1.165, 1.54) is 0 Å². The van der Waals surface area contributed by atoms with E-state index in [1.54, 1.807) is 4.52 Å². The molecule has 0 unspecified atom stereocenters. The number of aryl methyl sites for hydroxylation is 1. The van der Waals surface area contributed by atoms with Crippen LogP contribution in [0.5, 0.6) is 0 Å². The summed E-state index contributed by atoms with van der Waals surface area (Å²) >= 11 is 6.07. The van der Waals surface area contributed by atoms with Crippen LogP contribution in [0.4, 0.5) is 11.8 Å². The summed E-state index contributed by atoms with van der Waals surface area (Å²) in [7, 11) is 0. The van der Waals surface area contributed by atoms with Crippen molar-refractivity contribution in [3.63, 3.8) is 0 Å². The molecule has 0 aliphatic carbocycles. The summed E-state index contributed by atoms with van der Waals surface area (Å²) in [6.45, 7) is 3.47. The predicted octanol–water partition coefficient (Wildman–Crippen LogP) is 4.39. The van der Waals surface area contributed by atoms with Crippen molar-refractivity contribution in [2.45, 2.75) is 32.7 Å². The van der Waals surface area contributed by atoms with Crippen LogP contribution in [0.25, 0.3) is 5.78 Å². The molecule has 0 aliphatic rings. The molecule has 30 heavy (non-hydrogen) atoms. The monoisotopic (exact) mass is 421 g/mol. The zero-order valence-electron chi connectivity index (χ0n) is 16.8. The van der Waals surface area contributed by atoms with Crippen molar-refractivity contribution in [3.8, 4) is 0 Å². The molecule has 0 bridgehead atoms. The summed E-state index contributed by atoms with van der Waals surface area (Å²) < 4.78 is 1.75. The Morgan fingerprint density at radius 3 is 2.70 bits per heavy atom. The summed E-state index contributed by atoms with van der Waals surface area (Å²) in [5.74, 6) is 1.99. The van der Waals surface area contributed by atoms with Crippen molar-refractivity contribution in [3.05, 3.63) is 76.7 Å². The van der Waals surface area contributed by atoms with Gasteiger partial charge in [0.25, 0.3) is 5.78 Å². The lowest BCUT2D eigenvalue weighted by Gasteiger charge is -2.09. The molecule has 7 nitrogen and oxygen atoms in total. The number of hydrogen-bond acceptors (Lipinski definition) is 6. The Kier molecular flexibility index (Phi) is 6.39. The molecule has 0 aliphatic heterocycles. The standard InChI is InChI=1S/C22H24ClN7/c1-2-6-19-14-20(25-12-10-18-9-3-4-11-24-18)30-22(27-19)28-21(29-30)26-15-16-7-5-8-17(23)13-16/h3-5,7-9,11,13-14,25H,2,6,10,12,15H2,1H3,(H,26,29). The van der Waals surface area contributed by atoms with Gasteiger partial charge in [-0.1, -0.05) is 43.1 Å². The molecule has 3 aromatic heterocycles. The number of anilines is 2. The number of aromatic nitrogens is 5. The van der Waals surface area contributed by atoms with Gasteiger partial charge in [-0.05, 0) is 36.2 Å². The molecule has 4 rings (SSSR count). The highest BCUT2D eigenvalue weighted by molar-refractivity contribution is 6.30. The average molecular weight is 422 g/mol. The normalized spacial score (nSPS) is 11.0. The second kappa shape index (κ2) is 9.54. The van der Waals surface area contributed by atoms with Crippen LogP contribution in [0.1, 0.15) is 30.3 Å². The smallest absolute Gasteiger partial charge is 0.256 e. The number of nitrogens with zero attached hydrogens (tertiary/aromatic N) is 5. The first kappa shape index (κ1) is 20.1. The van der Waals surface area contributed by atoms with Gasteiger partial charge in [-0.15, -0.1) is 5.10 Å². The van der Waals surface area contributed by atoms with Crippen LogP contribution in [0.15, 0.2) is 54.7 Å². The Labute approximate surface area is 180 Å². The maximum Gasteiger partial charge on any atom is 0.256 e. The SMILES string of the molecule is CCCc1cc(NCCc2ccccn2)n2nc(NCc3cccc(Cl)c3)nc2n1. The van der Waals surface area contributed by atoms with Crippen LogP contribution < -0.4 is 10.6 Å². The molecule has 0 atom stereocenters. The van der Waals surface area contributed by atoms with E-state index in [4.69, 9.17) is 11.6 Å². The number of fused-ring (bicyclic) bond motifs is 1. The first-order valence-electron chi connectivity index (χ1n) is 10.1. The Bertz CT molecular complexity index is 1110. The van der Waals surface area contributed by atoms with Gasteiger partial charge in [0.2, 0.25) is 5.95 Å². The topological polar surface area (TPSA) is 80.0 Å². The molecule has 0 fully saturated rings. The van der Waals surface area contributed by atoms with Gasteiger partial charge in [-0.25, -0.2) is 4.98 Å². The Balaban J connectivity index is 1.52. The van der Waals surface area contributed by atoms with Crippen molar-refractivity contribution in [1.82, 2.24) is 24.6 Å². The Morgan fingerprint density at radius 2 is 1.90 bits per heavy atom. The molecule has 0 saturated carbocycles. The van der Waals surface area contributed by atoms with Crippen molar-refractivity contribution in [1.29, 1.82) is 0 Å². The summed E-state index contributed by atoms with van der Waals surface area (Å²) in [4.78, 5) is 13.6. The van der Waals surface area contributed by atoms with E-state index in [9.17, 15) is 0 Å². The van der Waals surface area contributed by atoms with Gasteiger partial charge >= 0.3 is 0 Å². The molecule has 0 radical (unpaired) electrons. The van der Waals surface area contributed by atoms with Crippen molar-refractivity contribution in [2.24, 2.45) is 0 Å². The van der Waals surface area contributed by atoms with E-state index >= 15 is 0 Å². The van der Waals surface area contributed by atoms with E-state index in [-0.39, 0.29) is 0 Å². The molecular formula is C22H24ClN7. The highest BCUT2D eigenvalue weighted by atomic mass is 35.5. The Morgan fingerprint density at radius 1 is 0.967 bits per heavy atom. The molecule has 0 spiro atoms. The molecule has 0 saturated heterocycles. The summed E-state index contributed by atoms with van der Waals surface area (Å²) in [6.07, 6.45) is 4.55. The van der Waals surface area contributed by atoms with Gasteiger partial charge in [-0.3, -0.25) is 4.98 Å². The quantitative estimate of drug-likeness (QED) is 0.417. The number of hydrogen-bond donors (Lipinski definition) is 2. The maximum atomic E-state index is 6.07. The van der Waals surface area contributed by atoms with E-state index in [2.05, 4.69) is 37.6 Å². The zero-order valence-corrected chi connectivity index (χ0v) is 17.6. The highest BCUT2D eigenvalue weighted by Gasteiger charge is 2.11. The summed E-state index contributed by atoms with van der Waals surface area (Å²) in [5.41, 5.74) is 3.11. The Hall–Kier alpha value is -3.19. The van der Waals surface area contributed by atoms with Crippen LogP contribution in [-0.4, -0.2) is 31.1 Å². The highest BCUT2D eigenvalue weighted by Crippen LogP contribution is 2.16. The van der Waals surface area contributed by atoms with Crippen LogP contribution in [0, 0.1) is 0 Å². The minimum atomic E-state index is 0.531. The first-order chi connectivity index (χ1) is 14.7. The number of nitrogens with one attached hydrogen (secondary N) is 2. The lowest BCUT2D eigenvalue weighted by molar-refractivity contribution is 0.849. The molecule has 154 valence electrons. The van der Waals surface area contributed by atoms with Gasteiger partial charge in [0, 0.05) is 48.2 Å². The van der Waals surface area contributed by atoms with Crippen LogP contribution in [0.3, 0.4) is 0 Å². The average Bonchev–Trinajstić information content (AvgIpc) is 3.17.